The molecule has 1 aliphatic rings. The Labute approximate surface area is 141 Å². The van der Waals surface area contributed by atoms with Gasteiger partial charge < -0.3 is 15.0 Å². The summed E-state index contributed by atoms with van der Waals surface area (Å²) in [6.45, 7) is 8.35. The molecule has 1 saturated heterocycles. The highest BCUT2D eigenvalue weighted by molar-refractivity contribution is 6.00. The van der Waals surface area contributed by atoms with E-state index in [9.17, 15) is 9.59 Å². The van der Waals surface area contributed by atoms with Crippen LogP contribution < -0.4 is 10.6 Å². The maximum Gasteiger partial charge on any atom is 0.320 e. The highest BCUT2D eigenvalue weighted by Crippen LogP contribution is 2.16. The minimum absolute atomic E-state index is 0.130. The Bertz CT molecular complexity index is 553. The van der Waals surface area contributed by atoms with Crippen molar-refractivity contribution in [1.82, 2.24) is 25.6 Å². The predicted octanol–water partition coefficient (Wildman–Crippen LogP) is 1.22. The number of nitrogens with zero attached hydrogens (tertiary/aromatic N) is 3. The van der Waals surface area contributed by atoms with Crippen LogP contribution in [0.1, 0.15) is 44.1 Å². The van der Waals surface area contributed by atoms with Gasteiger partial charge in [0, 0.05) is 19.7 Å². The number of urea groups is 1. The average molecular weight is 338 g/mol. The molecule has 3 amide bonds. The maximum absolute atomic E-state index is 12.4. The second-order valence-electron chi connectivity index (χ2n) is 6.13. The summed E-state index contributed by atoms with van der Waals surface area (Å²) in [5.41, 5.74) is 0.137. The van der Waals surface area contributed by atoms with Gasteiger partial charge in [-0.3, -0.25) is 10.1 Å². The van der Waals surface area contributed by atoms with Crippen LogP contribution in [0.3, 0.4) is 0 Å². The third kappa shape index (κ3) is 4.67. The summed E-state index contributed by atoms with van der Waals surface area (Å²) in [5.74, 6) is 0.139. The van der Waals surface area contributed by atoms with Crippen molar-refractivity contribution in [2.24, 2.45) is 5.92 Å². The summed E-state index contributed by atoms with van der Waals surface area (Å²) in [6.07, 6.45) is 1.97. The number of likely N-dealkylation sites (tertiary alicyclic amines) is 1. The van der Waals surface area contributed by atoms with Gasteiger partial charge in [0.2, 0.25) is 0 Å². The summed E-state index contributed by atoms with van der Waals surface area (Å²) in [6, 6.07) is -0.563. The zero-order valence-corrected chi connectivity index (χ0v) is 14.5. The quantitative estimate of drug-likeness (QED) is 0.692. The van der Waals surface area contributed by atoms with Crippen LogP contribution in [0.25, 0.3) is 0 Å². The number of hydrogen-bond donors (Lipinski definition) is 3. The van der Waals surface area contributed by atoms with Crippen LogP contribution in [0.15, 0.2) is 0 Å². The van der Waals surface area contributed by atoms with E-state index in [1.807, 2.05) is 20.8 Å². The first kappa shape index (κ1) is 18.2. The Kier molecular flexibility index (Phi) is 6.53. The molecule has 0 saturated carbocycles. The monoisotopic (exact) mass is 338 g/mol. The summed E-state index contributed by atoms with van der Waals surface area (Å²) in [5, 5.41) is 15.6. The second-order valence-corrected chi connectivity index (χ2v) is 6.13. The molecule has 1 fully saturated rings. The second kappa shape index (κ2) is 8.62. The van der Waals surface area contributed by atoms with Crippen LogP contribution in [0, 0.1) is 5.92 Å². The maximum atomic E-state index is 12.4. The summed E-state index contributed by atoms with van der Waals surface area (Å²) < 4.78 is 5.39. The molecule has 134 valence electrons. The smallest absolute Gasteiger partial charge is 0.320 e. The number of anilines is 1. The van der Waals surface area contributed by atoms with E-state index in [2.05, 4.69) is 26.0 Å². The van der Waals surface area contributed by atoms with Gasteiger partial charge in [-0.05, 0) is 25.7 Å². The number of aromatic nitrogens is 3. The van der Waals surface area contributed by atoms with Crippen molar-refractivity contribution >= 4 is 17.8 Å². The minimum atomic E-state index is -0.433. The van der Waals surface area contributed by atoms with E-state index in [1.165, 1.54) is 0 Å². The number of hydrogen-bond acceptors (Lipinski definition) is 5. The predicted molar refractivity (Wildman–Crippen MR) is 88.8 cm³/mol. The number of ether oxygens (including phenoxy) is 1. The van der Waals surface area contributed by atoms with Crippen LogP contribution in [-0.4, -0.2) is 64.6 Å². The number of aromatic amines is 1. The lowest BCUT2D eigenvalue weighted by Gasteiger charge is -2.22. The number of nitrogens with one attached hydrogen (secondary N) is 3. The zero-order valence-electron chi connectivity index (χ0n) is 14.5. The van der Waals surface area contributed by atoms with Crippen molar-refractivity contribution < 1.29 is 14.3 Å². The molecule has 2 heterocycles. The molecule has 1 aliphatic heterocycles. The van der Waals surface area contributed by atoms with E-state index in [0.717, 1.165) is 12.8 Å². The molecule has 9 nitrogen and oxygen atoms in total. The number of rotatable bonds is 7. The fourth-order valence-corrected chi connectivity index (χ4v) is 2.49. The Balaban J connectivity index is 1.96. The van der Waals surface area contributed by atoms with Gasteiger partial charge in [0.15, 0.2) is 11.5 Å². The standard InChI is InChI=1S/C15H26N6O3/c1-4-24-9-11(10(2)3)16-15(23)17-13-12(18-20-19-13)14(22)21-7-5-6-8-21/h10-11H,4-9H2,1-3H3,(H3,16,17,18,19,20,23). The lowest BCUT2D eigenvalue weighted by Crippen LogP contribution is -2.44. The minimum Gasteiger partial charge on any atom is -0.380 e. The van der Waals surface area contributed by atoms with E-state index in [-0.39, 0.29) is 29.4 Å². The molecular weight excluding hydrogens is 312 g/mol. The van der Waals surface area contributed by atoms with Gasteiger partial charge in [-0.2, -0.15) is 5.21 Å². The van der Waals surface area contributed by atoms with E-state index >= 15 is 0 Å². The lowest BCUT2D eigenvalue weighted by atomic mass is 10.1. The summed E-state index contributed by atoms with van der Waals surface area (Å²) >= 11 is 0. The fraction of sp³-hybridized carbons (Fsp3) is 0.733. The SMILES string of the molecule is CCOCC(NC(=O)Nc1n[nH]nc1C(=O)N1CCCC1)C(C)C. The van der Waals surface area contributed by atoms with Crippen LogP contribution in [0.5, 0.6) is 0 Å². The number of H-pyrrole nitrogens is 1. The molecule has 1 atom stereocenters. The van der Waals surface area contributed by atoms with Crippen molar-refractivity contribution in [2.45, 2.75) is 39.7 Å². The first-order valence-electron chi connectivity index (χ1n) is 8.38. The topological polar surface area (TPSA) is 112 Å². The van der Waals surface area contributed by atoms with Crippen LogP contribution in [0.2, 0.25) is 0 Å². The van der Waals surface area contributed by atoms with E-state index in [4.69, 9.17) is 4.74 Å². The highest BCUT2D eigenvalue weighted by Gasteiger charge is 2.26. The van der Waals surface area contributed by atoms with Gasteiger partial charge in [0.05, 0.1) is 12.6 Å². The zero-order chi connectivity index (χ0) is 17.5. The summed E-state index contributed by atoms with van der Waals surface area (Å²) in [4.78, 5) is 26.3. The third-order valence-electron chi connectivity index (χ3n) is 4.00. The molecule has 24 heavy (non-hydrogen) atoms. The molecule has 2 rings (SSSR count). The van der Waals surface area contributed by atoms with Gasteiger partial charge in [-0.25, -0.2) is 4.79 Å². The first-order chi connectivity index (χ1) is 11.5. The van der Waals surface area contributed by atoms with Crippen molar-refractivity contribution in [3.05, 3.63) is 5.69 Å². The number of carbonyl (C=O) groups excluding carboxylic acids is 2. The van der Waals surface area contributed by atoms with E-state index in [0.29, 0.717) is 26.3 Å². The molecule has 3 N–H and O–H groups in total. The highest BCUT2D eigenvalue weighted by atomic mass is 16.5. The molecular formula is C15H26N6O3. The molecule has 0 aliphatic carbocycles. The Morgan fingerprint density at radius 3 is 2.62 bits per heavy atom. The van der Waals surface area contributed by atoms with E-state index < -0.39 is 6.03 Å². The van der Waals surface area contributed by atoms with E-state index in [1.54, 1.807) is 4.90 Å². The number of amides is 3. The van der Waals surface area contributed by atoms with Gasteiger partial charge in [0.1, 0.15) is 0 Å². The van der Waals surface area contributed by atoms with Crippen LogP contribution in [-0.2, 0) is 4.74 Å². The van der Waals surface area contributed by atoms with Crippen molar-refractivity contribution in [1.29, 1.82) is 0 Å². The van der Waals surface area contributed by atoms with Gasteiger partial charge >= 0.3 is 6.03 Å². The molecule has 1 unspecified atom stereocenters. The molecule has 9 heteroatoms. The normalized spacial score (nSPS) is 15.6. The molecule has 0 aromatic carbocycles. The molecule has 0 bridgehead atoms. The largest absolute Gasteiger partial charge is 0.380 e. The number of carbonyl (C=O) groups is 2. The third-order valence-corrected chi connectivity index (χ3v) is 4.00. The van der Waals surface area contributed by atoms with Gasteiger partial charge in [-0.15, -0.1) is 10.2 Å². The Morgan fingerprint density at radius 2 is 2.00 bits per heavy atom. The van der Waals surface area contributed by atoms with Crippen molar-refractivity contribution in [2.75, 3.05) is 31.6 Å². The average Bonchev–Trinajstić information content (AvgIpc) is 3.22. The van der Waals surface area contributed by atoms with Crippen LogP contribution >= 0.6 is 0 Å². The van der Waals surface area contributed by atoms with Gasteiger partial charge in [0.25, 0.3) is 5.91 Å². The Hall–Kier alpha value is -2.16. The lowest BCUT2D eigenvalue weighted by molar-refractivity contribution is 0.0788. The van der Waals surface area contributed by atoms with Gasteiger partial charge in [-0.1, -0.05) is 13.8 Å². The summed E-state index contributed by atoms with van der Waals surface area (Å²) in [7, 11) is 0. The van der Waals surface area contributed by atoms with Crippen LogP contribution in [0.4, 0.5) is 10.6 Å². The van der Waals surface area contributed by atoms with Crippen molar-refractivity contribution in [3.63, 3.8) is 0 Å². The molecule has 1 aromatic heterocycles. The Morgan fingerprint density at radius 1 is 1.29 bits per heavy atom. The van der Waals surface area contributed by atoms with Crippen molar-refractivity contribution in [3.8, 4) is 0 Å². The molecule has 0 spiro atoms. The fourth-order valence-electron chi connectivity index (χ4n) is 2.49. The molecule has 0 radical (unpaired) electrons. The molecule has 1 aromatic rings. The first-order valence-corrected chi connectivity index (χ1v) is 8.38.